The Bertz CT molecular complexity index is 803. The van der Waals surface area contributed by atoms with Crippen molar-refractivity contribution in [2.24, 2.45) is 0 Å². The number of nitrogens with one attached hydrogen (secondary N) is 1. The van der Waals surface area contributed by atoms with Gasteiger partial charge in [0.2, 0.25) is 0 Å². The van der Waals surface area contributed by atoms with Crippen molar-refractivity contribution in [3.05, 3.63) is 59.7 Å². The van der Waals surface area contributed by atoms with Crippen molar-refractivity contribution in [3.8, 4) is 11.5 Å². The molecule has 0 aromatic heterocycles. The summed E-state index contributed by atoms with van der Waals surface area (Å²) < 4.78 is 16.5. The Morgan fingerprint density at radius 3 is 2.47 bits per heavy atom. The number of para-hydroxylation sites is 2. The van der Waals surface area contributed by atoms with Crippen molar-refractivity contribution < 1.29 is 19.0 Å². The Balaban J connectivity index is 1.50. The Morgan fingerprint density at radius 1 is 1.03 bits per heavy atom. The van der Waals surface area contributed by atoms with E-state index in [1.807, 2.05) is 49.4 Å². The maximum absolute atomic E-state index is 12.8. The monoisotopic (exact) mass is 412 g/mol. The third-order valence-corrected chi connectivity index (χ3v) is 5.33. The van der Waals surface area contributed by atoms with E-state index in [9.17, 15) is 4.79 Å². The third-order valence-electron chi connectivity index (χ3n) is 5.33. The van der Waals surface area contributed by atoms with Crippen LogP contribution in [0.25, 0.3) is 0 Å². The first kappa shape index (κ1) is 22.1. The second-order valence-corrected chi connectivity index (χ2v) is 7.38. The molecule has 1 amide bonds. The van der Waals surface area contributed by atoms with Crippen LogP contribution in [-0.2, 0) is 11.3 Å². The average molecular weight is 413 g/mol. The largest absolute Gasteiger partial charge is 0.496 e. The van der Waals surface area contributed by atoms with E-state index in [-0.39, 0.29) is 11.9 Å². The quantitative estimate of drug-likeness (QED) is 0.605. The summed E-state index contributed by atoms with van der Waals surface area (Å²) >= 11 is 0. The highest BCUT2D eigenvalue weighted by molar-refractivity contribution is 5.97. The summed E-state index contributed by atoms with van der Waals surface area (Å²) in [6, 6.07) is 15.7. The number of methoxy groups -OCH3 is 1. The van der Waals surface area contributed by atoms with Gasteiger partial charge in [-0.1, -0.05) is 30.3 Å². The fourth-order valence-corrected chi connectivity index (χ4v) is 3.71. The molecule has 6 heteroatoms. The van der Waals surface area contributed by atoms with Crippen molar-refractivity contribution in [1.82, 2.24) is 10.2 Å². The number of amides is 1. The van der Waals surface area contributed by atoms with Crippen LogP contribution in [0.2, 0.25) is 0 Å². The molecule has 2 aromatic carbocycles. The zero-order valence-corrected chi connectivity index (χ0v) is 17.9. The van der Waals surface area contributed by atoms with Gasteiger partial charge in [0, 0.05) is 37.8 Å². The predicted molar refractivity (Wildman–Crippen MR) is 117 cm³/mol. The number of benzene rings is 2. The maximum atomic E-state index is 12.8. The summed E-state index contributed by atoms with van der Waals surface area (Å²) in [4.78, 5) is 15.2. The van der Waals surface area contributed by atoms with Crippen LogP contribution >= 0.6 is 0 Å². The molecule has 0 spiro atoms. The van der Waals surface area contributed by atoms with Gasteiger partial charge in [0.15, 0.2) is 0 Å². The number of rotatable bonds is 10. The van der Waals surface area contributed by atoms with Crippen LogP contribution in [-0.4, -0.2) is 56.9 Å². The van der Waals surface area contributed by atoms with E-state index in [0.29, 0.717) is 31.1 Å². The first-order valence-electron chi connectivity index (χ1n) is 10.7. The Kier molecular flexibility index (Phi) is 8.53. The average Bonchev–Trinajstić information content (AvgIpc) is 2.78. The van der Waals surface area contributed by atoms with Crippen molar-refractivity contribution in [2.45, 2.75) is 32.4 Å². The van der Waals surface area contributed by atoms with Crippen molar-refractivity contribution in [1.29, 1.82) is 0 Å². The molecule has 0 radical (unpaired) electrons. The highest BCUT2D eigenvalue weighted by Crippen LogP contribution is 2.22. The molecule has 1 aliphatic heterocycles. The van der Waals surface area contributed by atoms with Crippen LogP contribution < -0.4 is 14.8 Å². The van der Waals surface area contributed by atoms with Gasteiger partial charge in [-0.15, -0.1) is 0 Å². The number of nitrogens with zero attached hydrogens (tertiary/aromatic N) is 1. The molecular formula is C24H32N2O4. The molecule has 162 valence electrons. The molecule has 6 nitrogen and oxygen atoms in total. The molecule has 0 aliphatic carbocycles. The van der Waals surface area contributed by atoms with E-state index in [2.05, 4.69) is 16.3 Å². The number of carbonyl (C=O) groups is 1. The van der Waals surface area contributed by atoms with Gasteiger partial charge in [0.05, 0.1) is 19.3 Å². The molecule has 0 unspecified atom stereocenters. The number of carbonyl (C=O) groups excluding carboxylic acids is 1. The normalized spacial score (nSPS) is 15.0. The number of piperidine rings is 1. The molecule has 1 aliphatic rings. The van der Waals surface area contributed by atoms with Gasteiger partial charge in [-0.05, 0) is 38.0 Å². The van der Waals surface area contributed by atoms with Gasteiger partial charge < -0.3 is 19.5 Å². The molecule has 2 aromatic rings. The fourth-order valence-electron chi connectivity index (χ4n) is 3.71. The molecule has 0 atom stereocenters. The van der Waals surface area contributed by atoms with Gasteiger partial charge in [0.1, 0.15) is 18.1 Å². The van der Waals surface area contributed by atoms with Gasteiger partial charge in [-0.3, -0.25) is 9.69 Å². The molecular weight excluding hydrogens is 380 g/mol. The van der Waals surface area contributed by atoms with E-state index < -0.39 is 0 Å². The molecule has 1 saturated heterocycles. The number of hydrogen-bond donors (Lipinski definition) is 1. The van der Waals surface area contributed by atoms with Gasteiger partial charge in [-0.2, -0.15) is 0 Å². The summed E-state index contributed by atoms with van der Waals surface area (Å²) in [7, 11) is 1.71. The molecule has 0 bridgehead atoms. The minimum absolute atomic E-state index is 0.0785. The molecule has 1 N–H and O–H groups in total. The predicted octanol–water partition coefficient (Wildman–Crippen LogP) is 3.50. The Hall–Kier alpha value is -2.57. The lowest BCUT2D eigenvalue weighted by Crippen LogP contribution is -2.44. The zero-order valence-electron chi connectivity index (χ0n) is 17.9. The van der Waals surface area contributed by atoms with E-state index in [1.165, 1.54) is 5.56 Å². The van der Waals surface area contributed by atoms with Gasteiger partial charge in [-0.25, -0.2) is 0 Å². The molecule has 30 heavy (non-hydrogen) atoms. The van der Waals surface area contributed by atoms with Crippen LogP contribution in [0.4, 0.5) is 0 Å². The van der Waals surface area contributed by atoms with Gasteiger partial charge in [0.25, 0.3) is 5.91 Å². The maximum Gasteiger partial charge on any atom is 0.255 e. The SMILES string of the molecule is CCOCCOc1ccccc1C(=O)NC1CCN(Cc2ccccc2OC)CC1. The minimum Gasteiger partial charge on any atom is -0.496 e. The van der Waals surface area contributed by atoms with Crippen molar-refractivity contribution in [2.75, 3.05) is 40.0 Å². The number of ether oxygens (including phenoxy) is 3. The van der Waals surface area contributed by atoms with Crippen molar-refractivity contribution >= 4 is 5.91 Å². The second-order valence-electron chi connectivity index (χ2n) is 7.38. The third kappa shape index (κ3) is 6.21. The van der Waals surface area contributed by atoms with Crippen LogP contribution in [0.3, 0.4) is 0 Å². The van der Waals surface area contributed by atoms with Gasteiger partial charge >= 0.3 is 0 Å². The zero-order chi connectivity index (χ0) is 21.2. The van der Waals surface area contributed by atoms with E-state index in [1.54, 1.807) is 7.11 Å². The fraction of sp³-hybridized carbons (Fsp3) is 0.458. The lowest BCUT2D eigenvalue weighted by Gasteiger charge is -2.32. The first-order chi connectivity index (χ1) is 14.7. The molecule has 1 fully saturated rings. The van der Waals surface area contributed by atoms with E-state index in [4.69, 9.17) is 14.2 Å². The molecule has 1 heterocycles. The molecule has 0 saturated carbocycles. The van der Waals surface area contributed by atoms with E-state index >= 15 is 0 Å². The summed E-state index contributed by atoms with van der Waals surface area (Å²) in [5, 5.41) is 3.18. The van der Waals surface area contributed by atoms with Crippen LogP contribution in [0.1, 0.15) is 35.7 Å². The standard InChI is InChI=1S/C24H32N2O4/c1-3-29-16-17-30-23-11-7-5-9-21(23)24(27)25-20-12-14-26(15-13-20)18-19-8-4-6-10-22(19)28-2/h4-11,20H,3,12-18H2,1-2H3,(H,25,27). The van der Waals surface area contributed by atoms with Crippen LogP contribution in [0.15, 0.2) is 48.5 Å². The lowest BCUT2D eigenvalue weighted by atomic mass is 10.0. The number of likely N-dealkylation sites (tertiary alicyclic amines) is 1. The second kappa shape index (κ2) is 11.6. The highest BCUT2D eigenvalue weighted by Gasteiger charge is 2.23. The Labute approximate surface area is 179 Å². The smallest absolute Gasteiger partial charge is 0.255 e. The summed E-state index contributed by atoms with van der Waals surface area (Å²) in [5.41, 5.74) is 1.77. The van der Waals surface area contributed by atoms with E-state index in [0.717, 1.165) is 38.2 Å². The van der Waals surface area contributed by atoms with Crippen LogP contribution in [0.5, 0.6) is 11.5 Å². The summed E-state index contributed by atoms with van der Waals surface area (Å²) in [5.74, 6) is 1.45. The van der Waals surface area contributed by atoms with Crippen LogP contribution in [0, 0.1) is 0 Å². The number of hydrogen-bond acceptors (Lipinski definition) is 5. The highest BCUT2D eigenvalue weighted by atomic mass is 16.5. The lowest BCUT2D eigenvalue weighted by molar-refractivity contribution is 0.0894. The molecule has 3 rings (SSSR count). The summed E-state index contributed by atoms with van der Waals surface area (Å²) in [6.45, 7) is 6.28. The first-order valence-corrected chi connectivity index (χ1v) is 10.7. The topological polar surface area (TPSA) is 60.0 Å². The minimum atomic E-state index is -0.0785. The summed E-state index contributed by atoms with van der Waals surface area (Å²) in [6.07, 6.45) is 1.85. The van der Waals surface area contributed by atoms with Crippen molar-refractivity contribution in [3.63, 3.8) is 0 Å². The Morgan fingerprint density at radius 2 is 1.73 bits per heavy atom.